The molecule has 0 bridgehead atoms. The van der Waals surface area contributed by atoms with Gasteiger partial charge in [0.15, 0.2) is 6.29 Å². The number of rotatable bonds is 25. The molecule has 10 atom stereocenters. The molecule has 10 nitrogen and oxygen atoms in total. The van der Waals surface area contributed by atoms with Gasteiger partial charge in [0.05, 0.1) is 65.6 Å². The van der Waals surface area contributed by atoms with Gasteiger partial charge < -0.3 is 47.4 Å². The Morgan fingerprint density at radius 2 is 0.556 bits per heavy atom. The summed E-state index contributed by atoms with van der Waals surface area (Å²) in [5.41, 5.74) is 7.16. The largest absolute Gasteiger partial charge is 0.374 e. The highest BCUT2D eigenvalue weighted by Gasteiger charge is 2.51. The van der Waals surface area contributed by atoms with E-state index in [1.807, 2.05) is 159 Å². The molecule has 10 heteroatoms. The minimum atomic E-state index is -0.958. The molecule has 2 aliphatic rings. The topological polar surface area (TPSA) is 92.3 Å². The van der Waals surface area contributed by atoms with Crippen LogP contribution in [0.15, 0.2) is 212 Å². The fourth-order valence-electron chi connectivity index (χ4n) is 9.22. The third kappa shape index (κ3) is 14.9. The molecule has 9 rings (SSSR count). The van der Waals surface area contributed by atoms with E-state index in [0.717, 1.165) is 38.9 Å². The second-order valence-corrected chi connectivity index (χ2v) is 18.3. The van der Waals surface area contributed by atoms with E-state index in [0.29, 0.717) is 39.6 Å². The Morgan fingerprint density at radius 3 is 0.917 bits per heavy atom. The van der Waals surface area contributed by atoms with Gasteiger partial charge in [-0.3, -0.25) is 0 Å². The van der Waals surface area contributed by atoms with Crippen LogP contribution in [-0.2, 0) is 93.6 Å². The first kappa shape index (κ1) is 51.1. The molecule has 0 spiro atoms. The quantitative estimate of drug-likeness (QED) is 0.0551. The van der Waals surface area contributed by atoms with Crippen molar-refractivity contribution in [1.29, 1.82) is 0 Å². The summed E-state index contributed by atoms with van der Waals surface area (Å²) in [7, 11) is 0. The summed E-state index contributed by atoms with van der Waals surface area (Å²) in [4.78, 5) is 0. The van der Waals surface area contributed by atoms with E-state index < -0.39 is 61.2 Å². The Labute approximate surface area is 424 Å². The SMILES string of the molecule is C[C@@H]1OC(CO[C@H]2OC(COCc3ccccc3)[C@@H](OCc3ccccc3)[C@@H](OCc3ccccc3)C2OCc2ccccc2)[C@@H](OCc2ccccc2)[C@H](OCc2ccccc2)C1OCc1ccccc1. The Morgan fingerprint density at radius 1 is 0.278 bits per heavy atom. The lowest BCUT2D eigenvalue weighted by molar-refractivity contribution is -0.339. The highest BCUT2D eigenvalue weighted by atomic mass is 16.7. The van der Waals surface area contributed by atoms with Crippen LogP contribution in [0.3, 0.4) is 0 Å². The van der Waals surface area contributed by atoms with Crippen molar-refractivity contribution in [3.63, 3.8) is 0 Å². The molecule has 7 aromatic carbocycles. The lowest BCUT2D eigenvalue weighted by atomic mass is 9.94. The predicted molar refractivity (Wildman–Crippen MR) is 275 cm³/mol. The zero-order chi connectivity index (χ0) is 49.0. The van der Waals surface area contributed by atoms with Crippen molar-refractivity contribution in [3.8, 4) is 0 Å². The molecule has 0 amide bonds. The Hall–Kier alpha value is -5.86. The lowest BCUT2D eigenvalue weighted by Crippen LogP contribution is -2.63. The van der Waals surface area contributed by atoms with E-state index in [-0.39, 0.29) is 19.8 Å². The zero-order valence-corrected chi connectivity index (χ0v) is 40.9. The van der Waals surface area contributed by atoms with Crippen molar-refractivity contribution in [2.75, 3.05) is 13.2 Å². The van der Waals surface area contributed by atoms with Gasteiger partial charge in [0.25, 0.3) is 0 Å². The van der Waals surface area contributed by atoms with Crippen molar-refractivity contribution in [1.82, 2.24) is 0 Å². The molecule has 2 saturated heterocycles. The van der Waals surface area contributed by atoms with Crippen LogP contribution < -0.4 is 0 Å². The second-order valence-electron chi connectivity index (χ2n) is 18.3. The van der Waals surface area contributed by atoms with Gasteiger partial charge in [-0.15, -0.1) is 0 Å². The molecule has 2 fully saturated rings. The standard InChI is InChI=1S/C62H66O10/c1-46-56(64-38-48-25-11-3-12-26-48)59(67-41-51-31-17-6-18-32-51)58(66-40-50-29-15-5-16-30-50)55(71-46)45-70-62-61(69-43-53-35-21-8-22-36-53)60(68-42-52-33-19-7-20-34-52)57(65-39-49-27-13-4-14-28-49)54(72-62)44-63-37-47-23-9-2-10-24-47/h2-36,46,54-62H,37-45H2,1H3/t46-,54?,55?,56?,57+,58+,59+,60+,61?,62-/m0/s1. The van der Waals surface area contributed by atoms with Crippen LogP contribution in [0.25, 0.3) is 0 Å². The van der Waals surface area contributed by atoms with Gasteiger partial charge in [0.1, 0.15) is 48.8 Å². The van der Waals surface area contributed by atoms with Crippen LogP contribution >= 0.6 is 0 Å². The summed E-state index contributed by atoms with van der Waals surface area (Å²) in [6, 6.07) is 70.9. The lowest BCUT2D eigenvalue weighted by Gasteiger charge is -2.48. The number of hydrogen-bond acceptors (Lipinski definition) is 10. The first-order valence-electron chi connectivity index (χ1n) is 25.1. The molecule has 0 aromatic heterocycles. The summed E-state index contributed by atoms with van der Waals surface area (Å²) in [5, 5.41) is 0. The van der Waals surface area contributed by atoms with Crippen molar-refractivity contribution in [2.45, 2.75) is 114 Å². The fraction of sp³-hybridized carbons (Fsp3) is 0.323. The summed E-state index contributed by atoms with van der Waals surface area (Å²) in [5.74, 6) is 0. The molecule has 2 heterocycles. The normalized spacial score (nSPS) is 24.2. The second kappa shape index (κ2) is 27.3. The Bertz CT molecular complexity index is 2540. The van der Waals surface area contributed by atoms with Gasteiger partial charge >= 0.3 is 0 Å². The van der Waals surface area contributed by atoms with Crippen LogP contribution in [0.5, 0.6) is 0 Å². The van der Waals surface area contributed by atoms with Crippen LogP contribution in [-0.4, -0.2) is 74.4 Å². The van der Waals surface area contributed by atoms with E-state index in [9.17, 15) is 0 Å². The maximum absolute atomic E-state index is 7.10. The molecular formula is C62H66O10. The van der Waals surface area contributed by atoms with E-state index in [4.69, 9.17) is 47.4 Å². The van der Waals surface area contributed by atoms with E-state index >= 15 is 0 Å². The average Bonchev–Trinajstić information content (AvgIpc) is 3.44. The average molecular weight is 971 g/mol. The maximum Gasteiger partial charge on any atom is 0.187 e. The van der Waals surface area contributed by atoms with Crippen molar-refractivity contribution >= 4 is 0 Å². The monoisotopic (exact) mass is 970 g/mol. The summed E-state index contributed by atoms with van der Waals surface area (Å²) in [6.07, 6.45) is -6.35. The van der Waals surface area contributed by atoms with Gasteiger partial charge in [0, 0.05) is 0 Å². The summed E-state index contributed by atoms with van der Waals surface area (Å²) in [6.45, 7) is 4.60. The van der Waals surface area contributed by atoms with Gasteiger partial charge in [-0.1, -0.05) is 212 Å². The van der Waals surface area contributed by atoms with Crippen molar-refractivity contribution in [2.24, 2.45) is 0 Å². The molecule has 2 aliphatic heterocycles. The highest BCUT2D eigenvalue weighted by molar-refractivity contribution is 5.19. The molecule has 0 aliphatic carbocycles. The van der Waals surface area contributed by atoms with Gasteiger partial charge in [-0.2, -0.15) is 0 Å². The van der Waals surface area contributed by atoms with E-state index in [1.54, 1.807) is 0 Å². The molecule has 374 valence electrons. The molecular weight excluding hydrogens is 905 g/mol. The fourth-order valence-corrected chi connectivity index (χ4v) is 9.22. The third-order valence-electron chi connectivity index (χ3n) is 13.0. The number of benzene rings is 7. The molecule has 0 N–H and O–H groups in total. The summed E-state index contributed by atoms with van der Waals surface area (Å²) >= 11 is 0. The first-order valence-corrected chi connectivity index (χ1v) is 25.1. The first-order chi connectivity index (χ1) is 35.6. The smallest absolute Gasteiger partial charge is 0.187 e. The third-order valence-corrected chi connectivity index (χ3v) is 13.0. The van der Waals surface area contributed by atoms with E-state index in [1.165, 1.54) is 0 Å². The van der Waals surface area contributed by atoms with Crippen molar-refractivity contribution in [3.05, 3.63) is 251 Å². The number of hydrogen-bond donors (Lipinski definition) is 0. The predicted octanol–water partition coefficient (Wildman–Crippen LogP) is 11.2. The zero-order valence-electron chi connectivity index (χ0n) is 40.9. The van der Waals surface area contributed by atoms with Crippen LogP contribution in [0.2, 0.25) is 0 Å². The van der Waals surface area contributed by atoms with Crippen molar-refractivity contribution < 1.29 is 47.4 Å². The maximum atomic E-state index is 7.10. The Kier molecular flexibility index (Phi) is 19.3. The molecule has 0 saturated carbocycles. The minimum Gasteiger partial charge on any atom is -0.374 e. The highest BCUT2D eigenvalue weighted by Crippen LogP contribution is 2.35. The molecule has 7 aromatic rings. The van der Waals surface area contributed by atoms with Gasteiger partial charge in [-0.25, -0.2) is 0 Å². The molecule has 4 unspecified atom stereocenters. The molecule has 0 radical (unpaired) electrons. The number of ether oxygens (including phenoxy) is 10. The van der Waals surface area contributed by atoms with E-state index in [2.05, 4.69) is 60.7 Å². The Balaban J connectivity index is 1.04. The van der Waals surface area contributed by atoms with Gasteiger partial charge in [-0.05, 0) is 45.9 Å². The summed E-state index contributed by atoms with van der Waals surface area (Å²) < 4.78 is 69.2. The molecule has 72 heavy (non-hydrogen) atoms. The van der Waals surface area contributed by atoms with Crippen LogP contribution in [0, 0.1) is 0 Å². The van der Waals surface area contributed by atoms with Crippen LogP contribution in [0.1, 0.15) is 45.9 Å². The minimum absolute atomic E-state index is 0.0643. The van der Waals surface area contributed by atoms with Gasteiger partial charge in [0.2, 0.25) is 0 Å². The van der Waals surface area contributed by atoms with Crippen LogP contribution in [0.4, 0.5) is 0 Å².